The fourth-order valence-electron chi connectivity index (χ4n) is 2.85. The van der Waals surface area contributed by atoms with Crippen LogP contribution in [0.15, 0.2) is 24.3 Å². The van der Waals surface area contributed by atoms with Gasteiger partial charge in [-0.1, -0.05) is 29.8 Å². The Morgan fingerprint density at radius 1 is 1.25 bits per heavy atom. The second-order valence-electron chi connectivity index (χ2n) is 5.74. The molecule has 2 rings (SSSR count). The molecule has 0 saturated carbocycles. The Morgan fingerprint density at radius 2 is 1.85 bits per heavy atom. The zero-order valence-corrected chi connectivity index (χ0v) is 12.6. The summed E-state index contributed by atoms with van der Waals surface area (Å²) in [7, 11) is 5.33. The number of likely N-dealkylation sites (tertiary alicyclic amines) is 1. The SMILES string of the molecule is Cc1ccc([C@H]2[C@@H](C(=O)N(C)C)CCC(=O)N2C)cc1. The van der Waals surface area contributed by atoms with Crippen molar-refractivity contribution in [3.63, 3.8) is 0 Å². The Morgan fingerprint density at radius 3 is 2.40 bits per heavy atom. The van der Waals surface area contributed by atoms with E-state index in [1.54, 1.807) is 30.9 Å². The molecule has 2 atom stereocenters. The third kappa shape index (κ3) is 2.69. The molecular weight excluding hydrogens is 252 g/mol. The number of carbonyl (C=O) groups is 2. The maximum atomic E-state index is 12.4. The lowest BCUT2D eigenvalue weighted by molar-refractivity contribution is -0.145. The van der Waals surface area contributed by atoms with Crippen LogP contribution in [0, 0.1) is 12.8 Å². The Labute approximate surface area is 120 Å². The van der Waals surface area contributed by atoms with Gasteiger partial charge in [-0.25, -0.2) is 0 Å². The van der Waals surface area contributed by atoms with Gasteiger partial charge in [0.2, 0.25) is 11.8 Å². The van der Waals surface area contributed by atoms with Crippen LogP contribution in [0.3, 0.4) is 0 Å². The van der Waals surface area contributed by atoms with Gasteiger partial charge in [0.1, 0.15) is 0 Å². The van der Waals surface area contributed by atoms with E-state index in [4.69, 9.17) is 0 Å². The molecule has 20 heavy (non-hydrogen) atoms. The summed E-state index contributed by atoms with van der Waals surface area (Å²) >= 11 is 0. The fraction of sp³-hybridized carbons (Fsp3) is 0.500. The molecule has 1 fully saturated rings. The van der Waals surface area contributed by atoms with Crippen LogP contribution in [-0.4, -0.2) is 42.8 Å². The zero-order chi connectivity index (χ0) is 14.9. The first-order valence-electron chi connectivity index (χ1n) is 6.95. The van der Waals surface area contributed by atoms with E-state index in [-0.39, 0.29) is 23.8 Å². The van der Waals surface area contributed by atoms with Crippen molar-refractivity contribution in [1.29, 1.82) is 0 Å². The molecule has 1 aliphatic heterocycles. The third-order valence-corrected chi connectivity index (χ3v) is 4.04. The molecule has 1 aromatic carbocycles. The van der Waals surface area contributed by atoms with Gasteiger partial charge in [-0.15, -0.1) is 0 Å². The topological polar surface area (TPSA) is 40.6 Å². The summed E-state index contributed by atoms with van der Waals surface area (Å²) in [4.78, 5) is 27.7. The monoisotopic (exact) mass is 274 g/mol. The summed E-state index contributed by atoms with van der Waals surface area (Å²) < 4.78 is 0. The van der Waals surface area contributed by atoms with Crippen LogP contribution in [0.25, 0.3) is 0 Å². The molecule has 1 heterocycles. The smallest absolute Gasteiger partial charge is 0.227 e. The molecule has 0 spiro atoms. The first-order chi connectivity index (χ1) is 9.41. The number of piperidine rings is 1. The van der Waals surface area contributed by atoms with Crippen LogP contribution in [-0.2, 0) is 9.59 Å². The van der Waals surface area contributed by atoms with E-state index in [0.29, 0.717) is 12.8 Å². The minimum Gasteiger partial charge on any atom is -0.349 e. The minimum atomic E-state index is -0.160. The molecule has 0 aromatic heterocycles. The minimum absolute atomic E-state index is 0.0925. The van der Waals surface area contributed by atoms with E-state index >= 15 is 0 Å². The first-order valence-corrected chi connectivity index (χ1v) is 6.95. The highest BCUT2D eigenvalue weighted by molar-refractivity contribution is 5.84. The van der Waals surface area contributed by atoms with Gasteiger partial charge in [-0.05, 0) is 18.9 Å². The molecule has 0 aliphatic carbocycles. The lowest BCUT2D eigenvalue weighted by Gasteiger charge is -2.39. The largest absolute Gasteiger partial charge is 0.349 e. The fourth-order valence-corrected chi connectivity index (χ4v) is 2.85. The summed E-state index contributed by atoms with van der Waals surface area (Å²) in [5, 5.41) is 0. The van der Waals surface area contributed by atoms with Gasteiger partial charge in [0, 0.05) is 27.6 Å². The van der Waals surface area contributed by atoms with E-state index in [1.807, 2.05) is 31.2 Å². The lowest BCUT2D eigenvalue weighted by atomic mass is 9.83. The standard InChI is InChI=1S/C16H22N2O2/c1-11-5-7-12(8-6-11)15-13(16(20)17(2)3)9-10-14(19)18(15)4/h5-8,13,15H,9-10H2,1-4H3/t13-,15-/m0/s1. The number of benzene rings is 1. The average molecular weight is 274 g/mol. The van der Waals surface area contributed by atoms with E-state index in [1.165, 1.54) is 5.56 Å². The predicted molar refractivity (Wildman–Crippen MR) is 78.1 cm³/mol. The van der Waals surface area contributed by atoms with Gasteiger partial charge in [-0.2, -0.15) is 0 Å². The number of amides is 2. The summed E-state index contributed by atoms with van der Waals surface area (Å²) in [6.45, 7) is 2.03. The normalized spacial score (nSPS) is 22.8. The Hall–Kier alpha value is -1.84. The Balaban J connectivity index is 2.37. The molecule has 1 aliphatic rings. The second-order valence-corrected chi connectivity index (χ2v) is 5.74. The van der Waals surface area contributed by atoms with Crippen molar-refractivity contribution in [2.45, 2.75) is 25.8 Å². The highest BCUT2D eigenvalue weighted by Gasteiger charge is 2.39. The highest BCUT2D eigenvalue weighted by atomic mass is 16.2. The quantitative estimate of drug-likeness (QED) is 0.827. The Bertz CT molecular complexity index is 508. The van der Waals surface area contributed by atoms with Crippen LogP contribution >= 0.6 is 0 Å². The van der Waals surface area contributed by atoms with Gasteiger partial charge in [0.15, 0.2) is 0 Å². The number of nitrogens with zero attached hydrogens (tertiary/aromatic N) is 2. The maximum absolute atomic E-state index is 12.4. The van der Waals surface area contributed by atoms with Crippen molar-refractivity contribution in [2.75, 3.05) is 21.1 Å². The number of aryl methyl sites for hydroxylation is 1. The van der Waals surface area contributed by atoms with Crippen molar-refractivity contribution in [3.05, 3.63) is 35.4 Å². The molecule has 0 radical (unpaired) electrons. The van der Waals surface area contributed by atoms with Crippen LogP contribution in [0.4, 0.5) is 0 Å². The van der Waals surface area contributed by atoms with Gasteiger partial charge in [0.05, 0.1) is 12.0 Å². The molecule has 0 N–H and O–H groups in total. The molecule has 0 unspecified atom stereocenters. The van der Waals surface area contributed by atoms with Gasteiger partial charge < -0.3 is 9.80 Å². The van der Waals surface area contributed by atoms with Gasteiger partial charge in [-0.3, -0.25) is 9.59 Å². The van der Waals surface area contributed by atoms with Crippen LogP contribution in [0.5, 0.6) is 0 Å². The van der Waals surface area contributed by atoms with E-state index < -0.39 is 0 Å². The van der Waals surface area contributed by atoms with Gasteiger partial charge in [0.25, 0.3) is 0 Å². The maximum Gasteiger partial charge on any atom is 0.227 e. The van der Waals surface area contributed by atoms with Gasteiger partial charge >= 0.3 is 0 Å². The molecular formula is C16H22N2O2. The van der Waals surface area contributed by atoms with Crippen LogP contribution < -0.4 is 0 Å². The molecule has 1 saturated heterocycles. The first kappa shape index (κ1) is 14.6. The van der Waals surface area contributed by atoms with Crippen molar-refractivity contribution in [2.24, 2.45) is 5.92 Å². The predicted octanol–water partition coefficient (Wildman–Crippen LogP) is 1.99. The lowest BCUT2D eigenvalue weighted by Crippen LogP contribution is -2.46. The molecule has 1 aromatic rings. The molecule has 0 bridgehead atoms. The van der Waals surface area contributed by atoms with Crippen LogP contribution in [0.2, 0.25) is 0 Å². The number of rotatable bonds is 2. The third-order valence-electron chi connectivity index (χ3n) is 4.04. The molecule has 4 heteroatoms. The summed E-state index contributed by atoms with van der Waals surface area (Å²) in [6, 6.07) is 7.93. The second kappa shape index (κ2) is 5.65. The van der Waals surface area contributed by atoms with Crippen molar-refractivity contribution < 1.29 is 9.59 Å². The van der Waals surface area contributed by atoms with Crippen molar-refractivity contribution in [3.8, 4) is 0 Å². The summed E-state index contributed by atoms with van der Waals surface area (Å²) in [5.74, 6) is 0.0451. The number of hydrogen-bond donors (Lipinski definition) is 0. The van der Waals surface area contributed by atoms with E-state index in [9.17, 15) is 9.59 Å². The van der Waals surface area contributed by atoms with E-state index in [0.717, 1.165) is 5.56 Å². The number of carbonyl (C=O) groups excluding carboxylic acids is 2. The van der Waals surface area contributed by atoms with E-state index in [2.05, 4.69) is 0 Å². The Kier molecular flexibility index (Phi) is 4.12. The molecule has 4 nitrogen and oxygen atoms in total. The summed E-state index contributed by atoms with van der Waals surface area (Å²) in [6.07, 6.45) is 1.07. The summed E-state index contributed by atoms with van der Waals surface area (Å²) in [5.41, 5.74) is 2.21. The molecule has 108 valence electrons. The van der Waals surface area contributed by atoms with Crippen molar-refractivity contribution >= 4 is 11.8 Å². The zero-order valence-electron chi connectivity index (χ0n) is 12.6. The average Bonchev–Trinajstić information content (AvgIpc) is 2.42. The highest BCUT2D eigenvalue weighted by Crippen LogP contribution is 2.36. The van der Waals surface area contributed by atoms with Crippen LogP contribution in [0.1, 0.15) is 30.0 Å². The number of hydrogen-bond acceptors (Lipinski definition) is 2. The van der Waals surface area contributed by atoms with Crippen molar-refractivity contribution in [1.82, 2.24) is 9.80 Å². The molecule has 2 amide bonds.